The van der Waals surface area contributed by atoms with Crippen molar-refractivity contribution in [1.82, 2.24) is 4.90 Å². The van der Waals surface area contributed by atoms with Crippen LogP contribution in [0.5, 0.6) is 0 Å². The van der Waals surface area contributed by atoms with Crippen LogP contribution in [0.3, 0.4) is 0 Å². The van der Waals surface area contributed by atoms with Crippen LogP contribution in [-0.4, -0.2) is 24.5 Å². The Hall–Kier alpha value is -0.0400. The van der Waals surface area contributed by atoms with Gasteiger partial charge in [-0.25, -0.2) is 0 Å². The molecule has 76 valence electrons. The largest absolute Gasteiger partial charge is 0.303 e. The van der Waals surface area contributed by atoms with E-state index in [2.05, 4.69) is 18.7 Å². The Kier molecular flexibility index (Phi) is 2.92. The lowest BCUT2D eigenvalue weighted by atomic mass is 9.85. The van der Waals surface area contributed by atoms with Gasteiger partial charge in [-0.05, 0) is 43.6 Å². The number of likely N-dealkylation sites (tertiary alicyclic amines) is 1. The maximum atomic E-state index is 2.70. The first-order valence-electron chi connectivity index (χ1n) is 5.98. The van der Waals surface area contributed by atoms with Crippen molar-refractivity contribution in [3.05, 3.63) is 0 Å². The molecule has 1 aliphatic heterocycles. The summed E-state index contributed by atoms with van der Waals surface area (Å²) in [6.07, 6.45) is 5.95. The van der Waals surface area contributed by atoms with Crippen LogP contribution in [0.25, 0.3) is 0 Å². The van der Waals surface area contributed by atoms with Gasteiger partial charge in [0.05, 0.1) is 0 Å². The summed E-state index contributed by atoms with van der Waals surface area (Å²) in [6, 6.07) is 0. The molecule has 0 aromatic carbocycles. The number of rotatable bonds is 3. The first-order valence-corrected chi connectivity index (χ1v) is 5.98. The molecule has 2 rings (SSSR count). The SMILES string of the molecule is CC(C)C1CCN(CC2CCC2)C1. The van der Waals surface area contributed by atoms with Gasteiger partial charge in [-0.1, -0.05) is 20.3 Å². The number of hydrogen-bond donors (Lipinski definition) is 0. The minimum absolute atomic E-state index is 0.895. The van der Waals surface area contributed by atoms with Crippen molar-refractivity contribution in [2.24, 2.45) is 17.8 Å². The fourth-order valence-electron chi connectivity index (χ4n) is 2.61. The van der Waals surface area contributed by atoms with E-state index < -0.39 is 0 Å². The minimum atomic E-state index is 0.895. The van der Waals surface area contributed by atoms with Crippen LogP contribution in [-0.2, 0) is 0 Å². The summed E-state index contributed by atoms with van der Waals surface area (Å²) in [5.41, 5.74) is 0. The fraction of sp³-hybridized carbons (Fsp3) is 1.00. The lowest BCUT2D eigenvalue weighted by molar-refractivity contribution is 0.196. The summed E-state index contributed by atoms with van der Waals surface area (Å²) in [5, 5.41) is 0. The first kappa shape index (κ1) is 9.51. The summed E-state index contributed by atoms with van der Waals surface area (Å²) >= 11 is 0. The zero-order valence-electron chi connectivity index (χ0n) is 9.13. The van der Waals surface area contributed by atoms with Crippen LogP contribution in [0, 0.1) is 17.8 Å². The van der Waals surface area contributed by atoms with Crippen LogP contribution >= 0.6 is 0 Å². The quantitative estimate of drug-likeness (QED) is 0.647. The third-order valence-corrected chi connectivity index (χ3v) is 3.99. The summed E-state index contributed by atoms with van der Waals surface area (Å²) in [6.45, 7) is 8.91. The molecule has 1 heteroatoms. The molecular formula is C12H23N. The Labute approximate surface area is 82.5 Å². The third-order valence-electron chi connectivity index (χ3n) is 3.99. The van der Waals surface area contributed by atoms with Crippen LogP contribution in [0.1, 0.15) is 39.5 Å². The summed E-state index contributed by atoms with van der Waals surface area (Å²) in [7, 11) is 0. The van der Waals surface area contributed by atoms with Crippen LogP contribution < -0.4 is 0 Å². The van der Waals surface area contributed by atoms with Crippen molar-refractivity contribution in [3.63, 3.8) is 0 Å². The van der Waals surface area contributed by atoms with Crippen molar-refractivity contribution in [3.8, 4) is 0 Å². The zero-order chi connectivity index (χ0) is 9.26. The topological polar surface area (TPSA) is 3.24 Å². The van der Waals surface area contributed by atoms with Crippen LogP contribution in [0.4, 0.5) is 0 Å². The van der Waals surface area contributed by atoms with Gasteiger partial charge in [-0.15, -0.1) is 0 Å². The minimum Gasteiger partial charge on any atom is -0.303 e. The average molecular weight is 181 g/mol. The highest BCUT2D eigenvalue weighted by molar-refractivity contribution is 4.81. The molecule has 1 heterocycles. The predicted octanol–water partition coefficient (Wildman–Crippen LogP) is 2.76. The summed E-state index contributed by atoms with van der Waals surface area (Å²) in [4.78, 5) is 2.70. The second-order valence-electron chi connectivity index (χ2n) is 5.35. The summed E-state index contributed by atoms with van der Waals surface area (Å²) in [5.74, 6) is 2.94. The van der Waals surface area contributed by atoms with Gasteiger partial charge < -0.3 is 4.90 Å². The van der Waals surface area contributed by atoms with E-state index in [9.17, 15) is 0 Å². The normalized spacial score (nSPS) is 31.2. The highest BCUT2D eigenvalue weighted by Gasteiger charge is 2.28. The van der Waals surface area contributed by atoms with E-state index in [0.717, 1.165) is 17.8 Å². The highest BCUT2D eigenvalue weighted by atomic mass is 15.1. The maximum Gasteiger partial charge on any atom is 0.00127 e. The summed E-state index contributed by atoms with van der Waals surface area (Å²) < 4.78 is 0. The molecule has 2 aliphatic rings. The number of hydrogen-bond acceptors (Lipinski definition) is 1. The van der Waals surface area contributed by atoms with Crippen molar-refractivity contribution in [2.75, 3.05) is 19.6 Å². The van der Waals surface area contributed by atoms with E-state index in [0.29, 0.717) is 0 Å². The van der Waals surface area contributed by atoms with Gasteiger partial charge in [0.15, 0.2) is 0 Å². The smallest absolute Gasteiger partial charge is 0.00127 e. The molecule has 13 heavy (non-hydrogen) atoms. The van der Waals surface area contributed by atoms with E-state index in [1.807, 2.05) is 0 Å². The molecule has 0 N–H and O–H groups in total. The molecule has 0 aromatic heterocycles. The molecule has 1 saturated carbocycles. The average Bonchev–Trinajstić information content (AvgIpc) is 2.44. The molecular weight excluding hydrogens is 158 g/mol. The standard InChI is InChI=1S/C12H23N/c1-10(2)12-6-7-13(9-12)8-11-4-3-5-11/h10-12H,3-9H2,1-2H3. The van der Waals surface area contributed by atoms with Gasteiger partial charge in [0.25, 0.3) is 0 Å². The van der Waals surface area contributed by atoms with Gasteiger partial charge in [0.2, 0.25) is 0 Å². The molecule has 0 aromatic rings. The Morgan fingerprint density at radius 1 is 1.23 bits per heavy atom. The molecule has 1 saturated heterocycles. The first-order chi connectivity index (χ1) is 6.25. The zero-order valence-corrected chi connectivity index (χ0v) is 9.13. The molecule has 0 spiro atoms. The van der Waals surface area contributed by atoms with Gasteiger partial charge in [0, 0.05) is 13.1 Å². The maximum absolute atomic E-state index is 2.70. The number of nitrogens with zero attached hydrogens (tertiary/aromatic N) is 1. The lowest BCUT2D eigenvalue weighted by Crippen LogP contribution is -2.31. The van der Waals surface area contributed by atoms with Gasteiger partial charge in [0.1, 0.15) is 0 Å². The highest BCUT2D eigenvalue weighted by Crippen LogP contribution is 2.30. The second kappa shape index (κ2) is 4.00. The molecule has 1 unspecified atom stereocenters. The Morgan fingerprint density at radius 3 is 2.46 bits per heavy atom. The molecule has 0 bridgehead atoms. The molecule has 2 fully saturated rings. The second-order valence-corrected chi connectivity index (χ2v) is 5.35. The molecule has 1 atom stereocenters. The van der Waals surface area contributed by atoms with E-state index in [1.165, 1.54) is 45.3 Å². The van der Waals surface area contributed by atoms with Crippen molar-refractivity contribution in [1.29, 1.82) is 0 Å². The van der Waals surface area contributed by atoms with E-state index in [4.69, 9.17) is 0 Å². The monoisotopic (exact) mass is 181 g/mol. The molecule has 1 nitrogen and oxygen atoms in total. The predicted molar refractivity (Wildman–Crippen MR) is 56.7 cm³/mol. The van der Waals surface area contributed by atoms with Crippen molar-refractivity contribution >= 4 is 0 Å². The van der Waals surface area contributed by atoms with Crippen molar-refractivity contribution in [2.45, 2.75) is 39.5 Å². The van der Waals surface area contributed by atoms with E-state index >= 15 is 0 Å². The van der Waals surface area contributed by atoms with E-state index in [-0.39, 0.29) is 0 Å². The Bertz CT molecular complexity index is 161. The molecule has 0 radical (unpaired) electrons. The van der Waals surface area contributed by atoms with E-state index in [1.54, 1.807) is 0 Å². The van der Waals surface area contributed by atoms with Gasteiger partial charge >= 0.3 is 0 Å². The van der Waals surface area contributed by atoms with Gasteiger partial charge in [-0.3, -0.25) is 0 Å². The Balaban J connectivity index is 1.71. The fourth-order valence-corrected chi connectivity index (χ4v) is 2.61. The van der Waals surface area contributed by atoms with Crippen LogP contribution in [0.2, 0.25) is 0 Å². The van der Waals surface area contributed by atoms with Gasteiger partial charge in [-0.2, -0.15) is 0 Å². The lowest BCUT2D eigenvalue weighted by Gasteiger charge is -2.30. The third kappa shape index (κ3) is 2.25. The Morgan fingerprint density at radius 2 is 2.00 bits per heavy atom. The van der Waals surface area contributed by atoms with Crippen molar-refractivity contribution < 1.29 is 0 Å². The van der Waals surface area contributed by atoms with Crippen LogP contribution in [0.15, 0.2) is 0 Å². The molecule has 0 amide bonds. The molecule has 1 aliphatic carbocycles.